The zero-order chi connectivity index (χ0) is 16.2. The van der Waals surface area contributed by atoms with Crippen molar-refractivity contribution in [2.24, 2.45) is 0 Å². The van der Waals surface area contributed by atoms with E-state index in [2.05, 4.69) is 65.8 Å². The molecule has 0 saturated heterocycles. The minimum atomic E-state index is 0.172. The Balaban J connectivity index is 1.87. The predicted octanol–water partition coefficient (Wildman–Crippen LogP) is 4.96. The number of nitrogens with zero attached hydrogens (tertiary/aromatic N) is 1. The van der Waals surface area contributed by atoms with Crippen LogP contribution in [0.1, 0.15) is 30.5 Å². The third kappa shape index (κ3) is 3.92. The van der Waals surface area contributed by atoms with Gasteiger partial charge < -0.3 is 0 Å². The van der Waals surface area contributed by atoms with Crippen molar-refractivity contribution in [2.75, 3.05) is 6.54 Å². The fourth-order valence-corrected chi connectivity index (χ4v) is 3.84. The Morgan fingerprint density at radius 2 is 1.78 bits per heavy atom. The van der Waals surface area contributed by atoms with Crippen molar-refractivity contribution >= 4 is 17.7 Å². The van der Waals surface area contributed by atoms with Crippen molar-refractivity contribution in [1.82, 2.24) is 4.31 Å². The first-order valence-electron chi connectivity index (χ1n) is 7.89. The summed E-state index contributed by atoms with van der Waals surface area (Å²) < 4.78 is 2.33. The predicted molar refractivity (Wildman–Crippen MR) is 96.3 cm³/mol. The molecule has 3 rings (SSSR count). The van der Waals surface area contributed by atoms with Gasteiger partial charge in [-0.25, -0.2) is 4.31 Å². The Bertz CT molecular complexity index is 706. The normalized spacial score (nSPS) is 18.5. The summed E-state index contributed by atoms with van der Waals surface area (Å²) >= 11 is 1.74. The molecule has 0 spiro atoms. The number of Topliss-reactive ketones (excluding diaryl/α,β-unsaturated/α-hetero) is 1. The second-order valence-corrected chi connectivity index (χ2v) is 7.05. The molecule has 0 fully saturated rings. The molecule has 2 aromatic carbocycles. The number of ketones is 1. The van der Waals surface area contributed by atoms with Gasteiger partial charge >= 0.3 is 0 Å². The molecule has 0 saturated carbocycles. The maximum Gasteiger partial charge on any atom is 0.156 e. The van der Waals surface area contributed by atoms with Crippen molar-refractivity contribution in [2.45, 2.75) is 31.2 Å². The van der Waals surface area contributed by atoms with Crippen molar-refractivity contribution < 1.29 is 4.79 Å². The van der Waals surface area contributed by atoms with Crippen LogP contribution in [0.2, 0.25) is 0 Å². The lowest BCUT2D eigenvalue weighted by molar-refractivity contribution is -0.113. The van der Waals surface area contributed by atoms with E-state index in [1.54, 1.807) is 18.9 Å². The van der Waals surface area contributed by atoms with Crippen molar-refractivity contribution in [3.8, 4) is 0 Å². The molecule has 1 aliphatic heterocycles. The van der Waals surface area contributed by atoms with Crippen LogP contribution < -0.4 is 0 Å². The SMILES string of the molecule is CC(=O)C1=CC[C@@H](c2ccccc2)N(Sc2ccc(C)cc2)C1. The minimum Gasteiger partial charge on any atom is -0.295 e. The van der Waals surface area contributed by atoms with Crippen LogP contribution in [0.15, 0.2) is 71.1 Å². The lowest BCUT2D eigenvalue weighted by atomic mass is 9.97. The Morgan fingerprint density at radius 3 is 2.43 bits per heavy atom. The van der Waals surface area contributed by atoms with Crippen molar-refractivity contribution in [3.63, 3.8) is 0 Å². The molecule has 118 valence electrons. The molecule has 0 radical (unpaired) electrons. The lowest BCUT2D eigenvalue weighted by Gasteiger charge is -2.34. The van der Waals surface area contributed by atoms with Gasteiger partial charge in [0.05, 0.1) is 0 Å². The average molecular weight is 323 g/mol. The van der Waals surface area contributed by atoms with E-state index in [1.807, 2.05) is 6.07 Å². The monoisotopic (exact) mass is 323 g/mol. The highest BCUT2D eigenvalue weighted by Gasteiger charge is 2.26. The summed E-state index contributed by atoms with van der Waals surface area (Å²) in [4.78, 5) is 13.0. The summed E-state index contributed by atoms with van der Waals surface area (Å²) in [5.41, 5.74) is 3.47. The number of hydrogen-bond donors (Lipinski definition) is 0. The summed E-state index contributed by atoms with van der Waals surface area (Å²) in [6.45, 7) is 4.44. The second-order valence-electron chi connectivity index (χ2n) is 5.93. The minimum absolute atomic E-state index is 0.172. The van der Waals surface area contributed by atoms with Gasteiger partial charge in [0.25, 0.3) is 0 Å². The van der Waals surface area contributed by atoms with Crippen LogP contribution in [0.3, 0.4) is 0 Å². The number of rotatable bonds is 4. The maximum atomic E-state index is 11.8. The van der Waals surface area contributed by atoms with Gasteiger partial charge in [-0.2, -0.15) is 0 Å². The zero-order valence-electron chi connectivity index (χ0n) is 13.5. The van der Waals surface area contributed by atoms with Gasteiger partial charge in [0, 0.05) is 23.1 Å². The van der Waals surface area contributed by atoms with Gasteiger partial charge in [-0.3, -0.25) is 4.79 Å². The summed E-state index contributed by atoms with van der Waals surface area (Å²) in [7, 11) is 0. The molecule has 1 heterocycles. The molecule has 3 heteroatoms. The first kappa shape index (κ1) is 16.0. The van der Waals surface area contributed by atoms with E-state index in [0.29, 0.717) is 12.6 Å². The van der Waals surface area contributed by atoms with E-state index < -0.39 is 0 Å². The average Bonchev–Trinajstić information content (AvgIpc) is 2.57. The van der Waals surface area contributed by atoms with Crippen LogP contribution in [-0.4, -0.2) is 16.6 Å². The van der Waals surface area contributed by atoms with Crippen LogP contribution in [0.4, 0.5) is 0 Å². The van der Waals surface area contributed by atoms with Crippen LogP contribution in [0.5, 0.6) is 0 Å². The largest absolute Gasteiger partial charge is 0.295 e. The number of carbonyl (C=O) groups is 1. The third-order valence-corrected chi connectivity index (χ3v) is 5.24. The van der Waals surface area contributed by atoms with E-state index in [4.69, 9.17) is 0 Å². The molecule has 0 amide bonds. The van der Waals surface area contributed by atoms with Gasteiger partial charge in [0.15, 0.2) is 5.78 Å². The number of benzene rings is 2. The maximum absolute atomic E-state index is 11.8. The molecule has 0 bridgehead atoms. The van der Waals surface area contributed by atoms with Gasteiger partial charge in [-0.1, -0.05) is 54.1 Å². The van der Waals surface area contributed by atoms with Crippen molar-refractivity contribution in [1.29, 1.82) is 0 Å². The number of aryl methyl sites for hydroxylation is 1. The first-order valence-corrected chi connectivity index (χ1v) is 8.67. The fourth-order valence-electron chi connectivity index (χ4n) is 2.78. The summed E-state index contributed by atoms with van der Waals surface area (Å²) in [5.74, 6) is 0.172. The Labute approximate surface area is 142 Å². The van der Waals surface area contributed by atoms with Crippen LogP contribution in [0, 0.1) is 6.92 Å². The molecule has 0 aromatic heterocycles. The van der Waals surface area contributed by atoms with Crippen LogP contribution >= 0.6 is 11.9 Å². The molecule has 2 nitrogen and oxygen atoms in total. The van der Waals surface area contributed by atoms with Gasteiger partial charge in [0.2, 0.25) is 0 Å². The van der Waals surface area contributed by atoms with E-state index in [-0.39, 0.29) is 5.78 Å². The van der Waals surface area contributed by atoms with Crippen LogP contribution in [-0.2, 0) is 4.79 Å². The Hall–Kier alpha value is -1.84. The van der Waals surface area contributed by atoms with E-state index >= 15 is 0 Å². The van der Waals surface area contributed by atoms with Gasteiger partial charge in [-0.05, 0) is 49.9 Å². The molecule has 23 heavy (non-hydrogen) atoms. The summed E-state index contributed by atoms with van der Waals surface area (Å²) in [6, 6.07) is 19.4. The summed E-state index contributed by atoms with van der Waals surface area (Å²) in [6.07, 6.45) is 2.98. The molecule has 1 atom stereocenters. The number of carbonyl (C=O) groups excluding carboxylic acids is 1. The topological polar surface area (TPSA) is 20.3 Å². The van der Waals surface area contributed by atoms with Gasteiger partial charge in [-0.15, -0.1) is 0 Å². The number of hydrogen-bond acceptors (Lipinski definition) is 3. The highest BCUT2D eigenvalue weighted by molar-refractivity contribution is 7.97. The molecule has 1 aliphatic rings. The Morgan fingerprint density at radius 1 is 1.09 bits per heavy atom. The summed E-state index contributed by atoms with van der Waals surface area (Å²) in [5, 5.41) is 0. The second kappa shape index (κ2) is 7.16. The lowest BCUT2D eigenvalue weighted by Crippen LogP contribution is -2.29. The zero-order valence-corrected chi connectivity index (χ0v) is 14.3. The quantitative estimate of drug-likeness (QED) is 0.741. The highest BCUT2D eigenvalue weighted by Crippen LogP contribution is 2.38. The standard InChI is InChI=1S/C20H21NOS/c1-15-8-11-19(12-9-15)23-21-14-18(16(2)22)10-13-20(21)17-6-4-3-5-7-17/h3-12,20H,13-14H2,1-2H3/t20-/m0/s1. The Kier molecular flexibility index (Phi) is 4.99. The molecule has 0 unspecified atom stereocenters. The fraction of sp³-hybridized carbons (Fsp3) is 0.250. The smallest absolute Gasteiger partial charge is 0.156 e. The third-order valence-electron chi connectivity index (χ3n) is 4.14. The molecule has 0 N–H and O–H groups in total. The molecular formula is C20H21NOS. The first-order chi connectivity index (χ1) is 11.1. The van der Waals surface area contributed by atoms with Crippen molar-refractivity contribution in [3.05, 3.63) is 77.4 Å². The molecule has 0 aliphatic carbocycles. The highest BCUT2D eigenvalue weighted by atomic mass is 32.2. The molecular weight excluding hydrogens is 302 g/mol. The van der Waals surface area contributed by atoms with E-state index in [1.165, 1.54) is 16.0 Å². The molecule has 2 aromatic rings. The van der Waals surface area contributed by atoms with E-state index in [0.717, 1.165) is 12.0 Å². The van der Waals surface area contributed by atoms with E-state index in [9.17, 15) is 4.79 Å². The van der Waals surface area contributed by atoms with Crippen LogP contribution in [0.25, 0.3) is 0 Å². The van der Waals surface area contributed by atoms with Gasteiger partial charge in [0.1, 0.15) is 0 Å².